The number of hydrogen-bond donors (Lipinski definition) is 2. The number of nitrogens with one attached hydrogen (secondary N) is 2. The topological polar surface area (TPSA) is 78.1 Å². The molecule has 0 radical (unpaired) electrons. The van der Waals surface area contributed by atoms with Crippen LogP contribution in [0.15, 0.2) is 17.6 Å². The van der Waals surface area contributed by atoms with E-state index < -0.39 is 10.0 Å². The SMILES string of the molecule is CC(CNS(=O)(=O)c1cnc[nH]1)CN1CCCC1. The van der Waals surface area contributed by atoms with Gasteiger partial charge in [0.1, 0.15) is 0 Å². The maximum absolute atomic E-state index is 11.8. The summed E-state index contributed by atoms with van der Waals surface area (Å²) in [6.07, 6.45) is 5.19. The number of H-pyrrole nitrogens is 1. The summed E-state index contributed by atoms with van der Waals surface area (Å²) in [4.78, 5) is 8.70. The van der Waals surface area contributed by atoms with Gasteiger partial charge >= 0.3 is 0 Å². The molecule has 1 aromatic heterocycles. The number of sulfonamides is 1. The average molecular weight is 272 g/mol. The zero-order valence-electron chi connectivity index (χ0n) is 10.6. The summed E-state index contributed by atoms with van der Waals surface area (Å²) < 4.78 is 26.3. The van der Waals surface area contributed by atoms with Crippen LogP contribution in [0.1, 0.15) is 19.8 Å². The molecule has 6 nitrogen and oxygen atoms in total. The minimum Gasteiger partial charge on any atom is -0.335 e. The fourth-order valence-corrected chi connectivity index (χ4v) is 3.26. The van der Waals surface area contributed by atoms with Crippen molar-refractivity contribution >= 4 is 10.0 Å². The first-order valence-corrected chi connectivity index (χ1v) is 7.76. The Kier molecular flexibility index (Phi) is 4.36. The fraction of sp³-hybridized carbons (Fsp3) is 0.727. The van der Waals surface area contributed by atoms with E-state index in [1.165, 1.54) is 25.4 Å². The van der Waals surface area contributed by atoms with Gasteiger partial charge in [0.25, 0.3) is 10.0 Å². The maximum Gasteiger partial charge on any atom is 0.257 e. The normalized spacial score (nSPS) is 19.2. The van der Waals surface area contributed by atoms with Gasteiger partial charge in [0, 0.05) is 13.1 Å². The van der Waals surface area contributed by atoms with E-state index in [1.54, 1.807) is 0 Å². The van der Waals surface area contributed by atoms with Gasteiger partial charge in [-0.15, -0.1) is 0 Å². The second-order valence-electron chi connectivity index (χ2n) is 4.88. The van der Waals surface area contributed by atoms with Crippen LogP contribution in [0.25, 0.3) is 0 Å². The van der Waals surface area contributed by atoms with Crippen molar-refractivity contribution in [1.82, 2.24) is 19.6 Å². The molecular formula is C11H20N4O2S. The van der Waals surface area contributed by atoms with Crippen LogP contribution < -0.4 is 4.72 Å². The zero-order valence-corrected chi connectivity index (χ0v) is 11.4. The summed E-state index contributed by atoms with van der Waals surface area (Å²) in [6, 6.07) is 0. The van der Waals surface area contributed by atoms with Crippen LogP contribution >= 0.6 is 0 Å². The van der Waals surface area contributed by atoms with Gasteiger partial charge in [-0.05, 0) is 31.8 Å². The lowest BCUT2D eigenvalue weighted by atomic mass is 10.2. The number of imidazole rings is 1. The molecular weight excluding hydrogens is 252 g/mol. The molecule has 1 aromatic rings. The molecule has 0 amide bonds. The Bertz CT molecular complexity index is 451. The molecule has 7 heteroatoms. The molecule has 0 aliphatic carbocycles. The number of aromatic nitrogens is 2. The molecule has 1 saturated heterocycles. The molecule has 1 atom stereocenters. The molecule has 0 spiro atoms. The van der Waals surface area contributed by atoms with Crippen LogP contribution in [0.2, 0.25) is 0 Å². The zero-order chi connectivity index (χ0) is 13.0. The summed E-state index contributed by atoms with van der Waals surface area (Å²) in [7, 11) is -3.43. The third-order valence-corrected chi connectivity index (χ3v) is 4.50. The Labute approximate surface area is 108 Å². The Morgan fingerprint density at radius 1 is 1.50 bits per heavy atom. The van der Waals surface area contributed by atoms with Crippen molar-refractivity contribution in [3.63, 3.8) is 0 Å². The van der Waals surface area contributed by atoms with Crippen molar-refractivity contribution in [2.24, 2.45) is 5.92 Å². The van der Waals surface area contributed by atoms with E-state index in [9.17, 15) is 8.42 Å². The van der Waals surface area contributed by atoms with E-state index in [-0.39, 0.29) is 5.03 Å². The largest absolute Gasteiger partial charge is 0.335 e. The van der Waals surface area contributed by atoms with Crippen molar-refractivity contribution in [1.29, 1.82) is 0 Å². The van der Waals surface area contributed by atoms with E-state index in [0.717, 1.165) is 19.6 Å². The van der Waals surface area contributed by atoms with Crippen LogP contribution in [-0.4, -0.2) is 49.5 Å². The molecule has 1 unspecified atom stereocenters. The highest BCUT2D eigenvalue weighted by molar-refractivity contribution is 7.89. The van der Waals surface area contributed by atoms with Crippen molar-refractivity contribution in [2.75, 3.05) is 26.2 Å². The first-order valence-electron chi connectivity index (χ1n) is 6.28. The van der Waals surface area contributed by atoms with Crippen LogP contribution in [0.3, 0.4) is 0 Å². The molecule has 0 aromatic carbocycles. The maximum atomic E-state index is 11.8. The number of nitrogens with zero attached hydrogens (tertiary/aromatic N) is 2. The predicted octanol–water partition coefficient (Wildman–Crippen LogP) is 0.420. The Hall–Kier alpha value is -0.920. The first kappa shape index (κ1) is 13.5. The van der Waals surface area contributed by atoms with Gasteiger partial charge in [-0.3, -0.25) is 0 Å². The minimum atomic E-state index is -3.43. The van der Waals surface area contributed by atoms with Crippen LogP contribution in [0.4, 0.5) is 0 Å². The van der Waals surface area contributed by atoms with E-state index in [1.807, 2.05) is 0 Å². The molecule has 18 heavy (non-hydrogen) atoms. The van der Waals surface area contributed by atoms with Gasteiger partial charge < -0.3 is 9.88 Å². The van der Waals surface area contributed by atoms with E-state index in [2.05, 4.69) is 26.5 Å². The van der Waals surface area contributed by atoms with Crippen LogP contribution in [0.5, 0.6) is 0 Å². The lowest BCUT2D eigenvalue weighted by Gasteiger charge is -2.20. The summed E-state index contributed by atoms with van der Waals surface area (Å²) in [5, 5.41) is 0.121. The minimum absolute atomic E-state index is 0.121. The molecule has 0 bridgehead atoms. The number of likely N-dealkylation sites (tertiary alicyclic amines) is 1. The number of aromatic amines is 1. The van der Waals surface area contributed by atoms with Crippen LogP contribution in [0, 0.1) is 5.92 Å². The quantitative estimate of drug-likeness (QED) is 0.787. The van der Waals surface area contributed by atoms with Gasteiger partial charge in [-0.2, -0.15) is 0 Å². The van der Waals surface area contributed by atoms with Gasteiger partial charge in [-0.25, -0.2) is 18.1 Å². The van der Waals surface area contributed by atoms with Crippen molar-refractivity contribution in [3.05, 3.63) is 12.5 Å². The second-order valence-corrected chi connectivity index (χ2v) is 6.62. The molecule has 102 valence electrons. The van der Waals surface area contributed by atoms with Crippen molar-refractivity contribution in [2.45, 2.75) is 24.8 Å². The predicted molar refractivity (Wildman–Crippen MR) is 68.6 cm³/mol. The van der Waals surface area contributed by atoms with E-state index in [4.69, 9.17) is 0 Å². The van der Waals surface area contributed by atoms with Gasteiger partial charge in [0.05, 0.1) is 12.5 Å². The highest BCUT2D eigenvalue weighted by Crippen LogP contribution is 2.10. The van der Waals surface area contributed by atoms with Crippen molar-refractivity contribution in [3.8, 4) is 0 Å². The number of rotatable bonds is 6. The highest BCUT2D eigenvalue weighted by Gasteiger charge is 2.18. The molecule has 1 aliphatic rings. The van der Waals surface area contributed by atoms with Crippen molar-refractivity contribution < 1.29 is 8.42 Å². The Morgan fingerprint density at radius 3 is 2.83 bits per heavy atom. The third-order valence-electron chi connectivity index (χ3n) is 3.15. The lowest BCUT2D eigenvalue weighted by molar-refractivity contribution is 0.288. The Morgan fingerprint density at radius 2 is 2.22 bits per heavy atom. The Balaban J connectivity index is 1.80. The summed E-state index contributed by atoms with van der Waals surface area (Å²) in [5.74, 6) is 0.306. The third kappa shape index (κ3) is 3.54. The smallest absolute Gasteiger partial charge is 0.257 e. The molecule has 2 rings (SSSR count). The standard InChI is InChI=1S/C11H20N4O2S/c1-10(8-15-4-2-3-5-15)6-14-18(16,17)11-7-12-9-13-11/h7,9-10,14H,2-6,8H2,1H3,(H,12,13). The van der Waals surface area contributed by atoms with E-state index in [0.29, 0.717) is 12.5 Å². The molecule has 2 N–H and O–H groups in total. The van der Waals surface area contributed by atoms with Crippen LogP contribution in [-0.2, 0) is 10.0 Å². The van der Waals surface area contributed by atoms with Gasteiger partial charge in [0.15, 0.2) is 5.03 Å². The molecule has 1 aliphatic heterocycles. The highest BCUT2D eigenvalue weighted by atomic mass is 32.2. The van der Waals surface area contributed by atoms with E-state index >= 15 is 0 Å². The van der Waals surface area contributed by atoms with Gasteiger partial charge in [-0.1, -0.05) is 6.92 Å². The van der Waals surface area contributed by atoms with Gasteiger partial charge in [0.2, 0.25) is 0 Å². The first-order chi connectivity index (χ1) is 8.58. The molecule has 1 fully saturated rings. The molecule has 2 heterocycles. The number of hydrogen-bond acceptors (Lipinski definition) is 4. The summed E-state index contributed by atoms with van der Waals surface area (Å²) in [5.41, 5.74) is 0. The lowest BCUT2D eigenvalue weighted by Crippen LogP contribution is -2.34. The second kappa shape index (κ2) is 5.81. The monoisotopic (exact) mass is 272 g/mol. The average Bonchev–Trinajstić information content (AvgIpc) is 2.99. The fourth-order valence-electron chi connectivity index (χ4n) is 2.19. The summed E-state index contributed by atoms with van der Waals surface area (Å²) in [6.45, 7) is 5.74. The summed E-state index contributed by atoms with van der Waals surface area (Å²) >= 11 is 0. The molecule has 0 saturated carbocycles.